The molecule has 1 aliphatic heterocycles. The molecule has 1 saturated heterocycles. The van der Waals surface area contributed by atoms with Gasteiger partial charge in [-0.1, -0.05) is 32.0 Å². The van der Waals surface area contributed by atoms with E-state index in [1.807, 2.05) is 30.5 Å². The summed E-state index contributed by atoms with van der Waals surface area (Å²) in [7, 11) is 0. The van der Waals surface area contributed by atoms with Crippen LogP contribution in [0.5, 0.6) is 0 Å². The molecule has 2 atom stereocenters. The van der Waals surface area contributed by atoms with Gasteiger partial charge in [-0.3, -0.25) is 9.78 Å². The minimum Gasteiger partial charge on any atom is -0.462 e. The van der Waals surface area contributed by atoms with Crippen LogP contribution < -0.4 is 0 Å². The smallest absolute Gasteiger partial charge is 0.308 e. The fraction of sp³-hybridized carbons (Fsp3) is 0.310. The third-order valence-electron chi connectivity index (χ3n) is 6.65. The molecule has 6 heteroatoms. The maximum Gasteiger partial charge on any atom is 0.308 e. The van der Waals surface area contributed by atoms with Crippen LogP contribution in [0.3, 0.4) is 0 Å². The van der Waals surface area contributed by atoms with Gasteiger partial charge in [0.25, 0.3) is 0 Å². The van der Waals surface area contributed by atoms with Crippen LogP contribution in [0, 0.1) is 5.82 Å². The Morgan fingerprint density at radius 3 is 2.63 bits per heavy atom. The van der Waals surface area contributed by atoms with Gasteiger partial charge >= 0.3 is 5.97 Å². The molecule has 2 aromatic carbocycles. The number of fused-ring (bicyclic) bond motifs is 1. The monoisotopic (exact) mass is 472 g/mol. The molecule has 1 fully saturated rings. The van der Waals surface area contributed by atoms with Gasteiger partial charge in [-0.15, -0.1) is 0 Å². The van der Waals surface area contributed by atoms with Gasteiger partial charge in [-0.25, -0.2) is 4.39 Å². The Morgan fingerprint density at radius 1 is 1.11 bits per heavy atom. The molecule has 3 heterocycles. The predicted molar refractivity (Wildman–Crippen MR) is 134 cm³/mol. The summed E-state index contributed by atoms with van der Waals surface area (Å²) in [6.45, 7) is 4.89. The molecule has 2 unspecified atom stereocenters. The lowest BCUT2D eigenvalue weighted by Crippen LogP contribution is -2.33. The number of ether oxygens (including phenoxy) is 1. The number of esters is 1. The molecule has 0 radical (unpaired) electrons. The number of benzene rings is 2. The first-order valence-corrected chi connectivity index (χ1v) is 12.1. The lowest BCUT2D eigenvalue weighted by molar-refractivity contribution is -0.160. The van der Waals surface area contributed by atoms with Crippen LogP contribution in [0.4, 0.5) is 4.39 Å². The van der Waals surface area contributed by atoms with Crippen molar-refractivity contribution in [2.75, 3.05) is 0 Å². The zero-order valence-corrected chi connectivity index (χ0v) is 19.9. The van der Waals surface area contributed by atoms with Gasteiger partial charge in [0, 0.05) is 47.8 Å². The molecule has 1 N–H and O–H groups in total. The average Bonchev–Trinajstić information content (AvgIpc) is 3.22. The molecular formula is C29H29FN2O3. The standard InChI is InChI=1S/C29H29FN2O3/c1-18(2)27-16-25(21-13-20-5-3-4-6-26(20)31-17-21)29(19-7-9-22(30)10-8-19)32(27)12-11-24-14-23(33)15-28(34)35-24/h3-10,13,16-18,23-24,33H,11-12,14-15H2,1-2H3. The van der Waals surface area contributed by atoms with Crippen LogP contribution in [-0.2, 0) is 16.1 Å². The number of rotatable bonds is 6. The molecule has 1 aliphatic rings. The summed E-state index contributed by atoms with van der Waals surface area (Å²) in [6.07, 6.45) is 1.97. The number of aliphatic hydroxyl groups is 1. The number of aromatic nitrogens is 2. The van der Waals surface area contributed by atoms with E-state index in [1.54, 1.807) is 12.1 Å². The maximum atomic E-state index is 13.8. The van der Waals surface area contributed by atoms with Gasteiger partial charge in [0.2, 0.25) is 0 Å². The van der Waals surface area contributed by atoms with E-state index in [9.17, 15) is 14.3 Å². The highest BCUT2D eigenvalue weighted by Gasteiger charge is 2.28. The van der Waals surface area contributed by atoms with Gasteiger partial charge in [-0.2, -0.15) is 0 Å². The Hall–Kier alpha value is -3.51. The summed E-state index contributed by atoms with van der Waals surface area (Å²) in [6, 6.07) is 18.9. The fourth-order valence-electron chi connectivity index (χ4n) is 4.96. The average molecular weight is 473 g/mol. The summed E-state index contributed by atoms with van der Waals surface area (Å²) in [5, 5.41) is 11.1. The molecular weight excluding hydrogens is 443 g/mol. The number of carbonyl (C=O) groups excluding carboxylic acids is 1. The van der Waals surface area contributed by atoms with Crippen molar-refractivity contribution in [3.05, 3.63) is 78.4 Å². The van der Waals surface area contributed by atoms with Crippen molar-refractivity contribution >= 4 is 16.9 Å². The lowest BCUT2D eigenvalue weighted by Gasteiger charge is -2.27. The van der Waals surface area contributed by atoms with Gasteiger partial charge in [0.15, 0.2) is 0 Å². The SMILES string of the molecule is CC(C)c1cc(-c2cnc3ccccc3c2)c(-c2ccc(F)cc2)n1CCC1CC(O)CC(=O)O1. The number of nitrogens with zero attached hydrogens (tertiary/aromatic N) is 2. The fourth-order valence-corrected chi connectivity index (χ4v) is 4.96. The highest BCUT2D eigenvalue weighted by Crippen LogP contribution is 2.39. The molecule has 5 rings (SSSR count). The molecule has 180 valence electrons. The number of hydrogen-bond donors (Lipinski definition) is 1. The molecule has 2 aromatic heterocycles. The summed E-state index contributed by atoms with van der Waals surface area (Å²) < 4.78 is 21.6. The Kier molecular flexibility index (Phi) is 6.39. The first kappa shape index (κ1) is 23.2. The van der Waals surface area contributed by atoms with Crippen LogP contribution in [0.2, 0.25) is 0 Å². The van der Waals surface area contributed by atoms with Crippen molar-refractivity contribution in [3.63, 3.8) is 0 Å². The van der Waals surface area contributed by atoms with Crippen molar-refractivity contribution in [2.24, 2.45) is 0 Å². The quantitative estimate of drug-likeness (QED) is 0.345. The second-order valence-electron chi connectivity index (χ2n) is 9.56. The van der Waals surface area contributed by atoms with Crippen LogP contribution in [0.1, 0.15) is 44.7 Å². The Labute approximate surface area is 204 Å². The Bertz CT molecular complexity index is 1360. The van der Waals surface area contributed by atoms with E-state index in [2.05, 4.69) is 35.5 Å². The third-order valence-corrected chi connectivity index (χ3v) is 6.65. The largest absolute Gasteiger partial charge is 0.462 e. The molecule has 0 aliphatic carbocycles. The number of hydrogen-bond acceptors (Lipinski definition) is 4. The van der Waals surface area contributed by atoms with E-state index in [4.69, 9.17) is 4.74 Å². The van der Waals surface area contributed by atoms with Crippen LogP contribution >= 0.6 is 0 Å². The van der Waals surface area contributed by atoms with Gasteiger partial charge in [0.05, 0.1) is 23.7 Å². The van der Waals surface area contributed by atoms with Crippen LogP contribution in [-0.4, -0.2) is 32.8 Å². The summed E-state index contributed by atoms with van der Waals surface area (Å²) in [5.41, 5.74) is 5.97. The number of halogens is 1. The van der Waals surface area contributed by atoms with Crippen molar-refractivity contribution in [1.29, 1.82) is 0 Å². The highest BCUT2D eigenvalue weighted by atomic mass is 19.1. The van der Waals surface area contributed by atoms with Crippen molar-refractivity contribution < 1.29 is 19.0 Å². The second-order valence-corrected chi connectivity index (χ2v) is 9.56. The molecule has 0 amide bonds. The minimum atomic E-state index is -0.661. The third kappa shape index (κ3) is 4.84. The van der Waals surface area contributed by atoms with E-state index in [0.717, 1.165) is 39.0 Å². The summed E-state index contributed by atoms with van der Waals surface area (Å²) >= 11 is 0. The number of carbonyl (C=O) groups is 1. The van der Waals surface area contributed by atoms with Gasteiger partial charge in [0.1, 0.15) is 11.9 Å². The molecule has 5 nitrogen and oxygen atoms in total. The highest BCUT2D eigenvalue weighted by molar-refractivity contribution is 5.88. The second kappa shape index (κ2) is 9.62. The summed E-state index contributed by atoms with van der Waals surface area (Å²) in [5.74, 6) is -0.407. The first-order chi connectivity index (χ1) is 16.9. The molecule has 35 heavy (non-hydrogen) atoms. The van der Waals surface area contributed by atoms with Gasteiger partial charge < -0.3 is 14.4 Å². The maximum absolute atomic E-state index is 13.8. The number of pyridine rings is 1. The Morgan fingerprint density at radius 2 is 1.89 bits per heavy atom. The minimum absolute atomic E-state index is 0.0528. The predicted octanol–water partition coefficient (Wildman–Crippen LogP) is 6.09. The molecule has 0 spiro atoms. The molecule has 0 saturated carbocycles. The normalized spacial score (nSPS) is 18.3. The van der Waals surface area contributed by atoms with E-state index in [1.165, 1.54) is 12.1 Å². The van der Waals surface area contributed by atoms with E-state index in [0.29, 0.717) is 19.4 Å². The number of aliphatic hydroxyl groups excluding tert-OH is 1. The van der Waals surface area contributed by atoms with E-state index >= 15 is 0 Å². The molecule has 0 bridgehead atoms. The Balaban J connectivity index is 1.62. The van der Waals surface area contributed by atoms with Gasteiger partial charge in [-0.05, 0) is 53.9 Å². The topological polar surface area (TPSA) is 64.3 Å². The summed E-state index contributed by atoms with van der Waals surface area (Å²) in [4.78, 5) is 16.5. The van der Waals surface area contributed by atoms with E-state index in [-0.39, 0.29) is 30.2 Å². The van der Waals surface area contributed by atoms with Crippen LogP contribution in [0.15, 0.2) is 66.9 Å². The van der Waals surface area contributed by atoms with E-state index < -0.39 is 6.10 Å². The molecule has 4 aromatic rings. The zero-order valence-electron chi connectivity index (χ0n) is 19.9. The lowest BCUT2D eigenvalue weighted by atomic mass is 10.0. The zero-order chi connectivity index (χ0) is 24.5. The van der Waals surface area contributed by atoms with Crippen molar-refractivity contribution in [3.8, 4) is 22.4 Å². The van der Waals surface area contributed by atoms with Crippen molar-refractivity contribution in [1.82, 2.24) is 9.55 Å². The number of cyclic esters (lactones) is 1. The first-order valence-electron chi connectivity index (χ1n) is 12.1. The number of para-hydroxylation sites is 1. The van der Waals surface area contributed by atoms with Crippen LogP contribution in [0.25, 0.3) is 33.3 Å². The van der Waals surface area contributed by atoms with Crippen molar-refractivity contribution in [2.45, 2.75) is 57.8 Å².